The third kappa shape index (κ3) is 5.69. The fraction of sp³-hybridized carbons (Fsp3) is 0.500. The van der Waals surface area contributed by atoms with Crippen molar-refractivity contribution < 1.29 is 18.0 Å². The maximum atomic E-state index is 14.6. The summed E-state index contributed by atoms with van der Waals surface area (Å²) in [6, 6.07) is 2.67. The zero-order valence-corrected chi connectivity index (χ0v) is 24.7. The van der Waals surface area contributed by atoms with Crippen molar-refractivity contribution in [1.82, 2.24) is 19.9 Å². The van der Waals surface area contributed by atoms with E-state index in [-0.39, 0.29) is 46.4 Å². The third-order valence-corrected chi connectivity index (χ3v) is 9.04. The van der Waals surface area contributed by atoms with Gasteiger partial charge in [-0.15, -0.1) is 11.3 Å². The van der Waals surface area contributed by atoms with E-state index >= 15 is 0 Å². The normalized spacial score (nSPS) is 18.8. The molecule has 4 heterocycles. The average Bonchev–Trinajstić information content (AvgIpc) is 3.34. The number of aryl methyl sites for hydroxylation is 1. The van der Waals surface area contributed by atoms with Crippen molar-refractivity contribution in [1.29, 1.82) is 0 Å². The second-order valence-corrected chi connectivity index (χ2v) is 12.9. The molecule has 214 valence electrons. The monoisotopic (exact) mass is 592 g/mol. The fourth-order valence-electron chi connectivity index (χ4n) is 5.34. The van der Waals surface area contributed by atoms with Gasteiger partial charge in [-0.25, -0.2) is 15.0 Å². The number of nitrogens with zero attached hydrogens (tertiary/aromatic N) is 6. The zero-order valence-electron chi connectivity index (χ0n) is 23.1. The first-order valence-electron chi connectivity index (χ1n) is 13.2. The molecule has 5 rings (SSSR count). The van der Waals surface area contributed by atoms with E-state index in [4.69, 9.17) is 11.6 Å². The highest BCUT2D eigenvalue weighted by molar-refractivity contribution is 7.15. The molecule has 12 heteroatoms. The molecule has 1 amide bonds. The van der Waals surface area contributed by atoms with Gasteiger partial charge < -0.3 is 9.80 Å². The third-order valence-electron chi connectivity index (χ3n) is 7.36. The Kier molecular flexibility index (Phi) is 7.60. The molecule has 0 N–H and O–H groups in total. The summed E-state index contributed by atoms with van der Waals surface area (Å²) in [5.41, 5.74) is -0.233. The molecule has 40 heavy (non-hydrogen) atoms. The highest BCUT2D eigenvalue weighted by Gasteiger charge is 2.41. The summed E-state index contributed by atoms with van der Waals surface area (Å²) in [6.07, 6.45) is -1.05. The maximum absolute atomic E-state index is 14.6. The number of fused-ring (bicyclic) bond motifs is 1. The summed E-state index contributed by atoms with van der Waals surface area (Å²) in [4.78, 5) is 32.9. The Balaban J connectivity index is 1.41. The van der Waals surface area contributed by atoms with Crippen molar-refractivity contribution in [3.63, 3.8) is 0 Å². The van der Waals surface area contributed by atoms with E-state index in [9.17, 15) is 18.0 Å². The van der Waals surface area contributed by atoms with Crippen molar-refractivity contribution in [2.45, 2.75) is 65.2 Å². The van der Waals surface area contributed by atoms with Crippen LogP contribution in [0, 0.1) is 6.92 Å². The Morgan fingerprint density at radius 1 is 1.10 bits per heavy atom. The van der Waals surface area contributed by atoms with Crippen LogP contribution in [0.4, 0.5) is 24.0 Å². The fourth-order valence-corrected chi connectivity index (χ4v) is 6.68. The van der Waals surface area contributed by atoms with E-state index in [0.29, 0.717) is 37.6 Å². The molecule has 1 unspecified atom stereocenters. The minimum absolute atomic E-state index is 0.00302. The van der Waals surface area contributed by atoms with E-state index in [0.717, 1.165) is 10.0 Å². The molecule has 2 aliphatic rings. The molecule has 1 atom stereocenters. The number of carbonyl (C=O) groups excluding carboxylic acids is 1. The van der Waals surface area contributed by atoms with Crippen LogP contribution < -0.4 is 9.80 Å². The minimum Gasteiger partial charge on any atom is -0.343 e. The molecule has 0 saturated carbocycles. The van der Waals surface area contributed by atoms with Gasteiger partial charge in [0.25, 0.3) is 5.91 Å². The summed E-state index contributed by atoms with van der Waals surface area (Å²) in [5.74, 6) is -0.0415. The van der Waals surface area contributed by atoms with Crippen LogP contribution in [-0.2, 0) is 24.6 Å². The number of hydrogen-bond acceptors (Lipinski definition) is 7. The number of aromatic nitrogens is 3. The van der Waals surface area contributed by atoms with Crippen LogP contribution in [0.5, 0.6) is 0 Å². The first kappa shape index (κ1) is 28.8. The van der Waals surface area contributed by atoms with Crippen molar-refractivity contribution in [3.8, 4) is 0 Å². The summed E-state index contributed by atoms with van der Waals surface area (Å²) in [6.45, 7) is 12.1. The molecule has 7 nitrogen and oxygen atoms in total. The predicted octanol–water partition coefficient (Wildman–Crippen LogP) is 6.12. The summed E-state index contributed by atoms with van der Waals surface area (Å²) in [7, 11) is 0. The number of benzene rings is 1. The smallest absolute Gasteiger partial charge is 0.343 e. The van der Waals surface area contributed by atoms with Crippen molar-refractivity contribution in [3.05, 3.63) is 62.6 Å². The van der Waals surface area contributed by atoms with E-state index < -0.39 is 17.6 Å². The van der Waals surface area contributed by atoms with Crippen LogP contribution in [-0.4, -0.2) is 58.0 Å². The van der Waals surface area contributed by atoms with Gasteiger partial charge in [0.15, 0.2) is 5.13 Å². The molecule has 1 aromatic carbocycles. The van der Waals surface area contributed by atoms with Crippen LogP contribution in [0.3, 0.4) is 0 Å². The number of carbonyl (C=O) groups is 1. The van der Waals surface area contributed by atoms with Crippen LogP contribution in [0.25, 0.3) is 0 Å². The van der Waals surface area contributed by atoms with Crippen LogP contribution in [0.15, 0.2) is 24.5 Å². The molecule has 2 aromatic heterocycles. The minimum atomic E-state index is -4.68. The Morgan fingerprint density at radius 3 is 2.50 bits per heavy atom. The van der Waals surface area contributed by atoms with Gasteiger partial charge in [0.1, 0.15) is 5.82 Å². The number of amides is 1. The van der Waals surface area contributed by atoms with Crippen molar-refractivity contribution in [2.75, 3.05) is 36.0 Å². The van der Waals surface area contributed by atoms with Crippen molar-refractivity contribution >= 4 is 39.7 Å². The Bertz CT molecular complexity index is 1440. The lowest BCUT2D eigenvalue weighted by molar-refractivity contribution is -0.137. The van der Waals surface area contributed by atoms with Gasteiger partial charge in [0.05, 0.1) is 22.5 Å². The lowest BCUT2D eigenvalue weighted by atomic mass is 9.96. The molecule has 0 aliphatic carbocycles. The first-order chi connectivity index (χ1) is 18.7. The van der Waals surface area contributed by atoms with Crippen LogP contribution in [0.1, 0.15) is 65.6 Å². The molecule has 0 bridgehead atoms. The van der Waals surface area contributed by atoms with Gasteiger partial charge in [0.2, 0.25) is 0 Å². The average molecular weight is 593 g/mol. The van der Waals surface area contributed by atoms with E-state index in [1.165, 1.54) is 23.2 Å². The first-order valence-corrected chi connectivity index (χ1v) is 14.4. The predicted molar refractivity (Wildman–Crippen MR) is 152 cm³/mol. The summed E-state index contributed by atoms with van der Waals surface area (Å²) < 4.78 is 43.9. The van der Waals surface area contributed by atoms with Gasteiger partial charge >= 0.3 is 6.18 Å². The van der Waals surface area contributed by atoms with E-state index in [1.54, 1.807) is 18.3 Å². The Labute approximate surface area is 241 Å². The van der Waals surface area contributed by atoms with Gasteiger partial charge in [-0.1, -0.05) is 32.4 Å². The second-order valence-electron chi connectivity index (χ2n) is 11.5. The SMILES string of the molecule is Cc1ncc2c(n1)CCN(c1cc(Cl)cc(CN3CCN(c4ncc(C(C)(C)C)s4)C(C)C3)c1C(F)(F)F)C2=O. The largest absolute Gasteiger partial charge is 0.418 e. The standard InChI is InChI=1S/C28H32ClF3N6OS/c1-16-14-36(8-9-37(16)26-34-13-23(40-26)27(3,4)5)15-18-10-19(29)11-22(24(18)28(30,31)32)38-7-6-21-20(25(38)39)12-33-17(2)35-21/h10-13,16H,6-9,14-15H2,1-5H3. The second kappa shape index (κ2) is 10.6. The summed E-state index contributed by atoms with van der Waals surface area (Å²) >= 11 is 8.05. The number of thiazole rings is 1. The van der Waals surface area contributed by atoms with Gasteiger partial charge in [-0.2, -0.15) is 13.2 Å². The number of hydrogen-bond donors (Lipinski definition) is 0. The zero-order chi connectivity index (χ0) is 29.0. The number of halogens is 4. The lowest BCUT2D eigenvalue weighted by Crippen LogP contribution is -2.51. The molecule has 1 saturated heterocycles. The highest BCUT2D eigenvalue weighted by Crippen LogP contribution is 2.43. The number of piperazine rings is 1. The number of anilines is 2. The lowest BCUT2D eigenvalue weighted by Gasteiger charge is -2.40. The summed E-state index contributed by atoms with van der Waals surface area (Å²) in [5, 5.41) is 1.09. The quantitative estimate of drug-likeness (QED) is 0.363. The number of alkyl halides is 3. The molecular weight excluding hydrogens is 561 g/mol. The molecule has 1 fully saturated rings. The molecular formula is C28H32ClF3N6OS. The van der Waals surface area contributed by atoms with E-state index in [1.807, 2.05) is 11.1 Å². The molecule has 3 aromatic rings. The Hall–Kier alpha value is -2.76. The maximum Gasteiger partial charge on any atom is 0.418 e. The molecule has 0 spiro atoms. The molecule has 0 radical (unpaired) electrons. The molecule has 2 aliphatic heterocycles. The highest BCUT2D eigenvalue weighted by atomic mass is 35.5. The van der Waals surface area contributed by atoms with Gasteiger partial charge in [0, 0.05) is 67.5 Å². The van der Waals surface area contributed by atoms with Gasteiger partial charge in [-0.05, 0) is 37.0 Å². The van der Waals surface area contributed by atoms with Crippen LogP contribution >= 0.6 is 22.9 Å². The van der Waals surface area contributed by atoms with E-state index in [2.05, 4.69) is 47.5 Å². The number of rotatable bonds is 4. The topological polar surface area (TPSA) is 65.5 Å². The van der Waals surface area contributed by atoms with Crippen LogP contribution in [0.2, 0.25) is 5.02 Å². The van der Waals surface area contributed by atoms with Gasteiger partial charge in [-0.3, -0.25) is 9.69 Å². The Morgan fingerprint density at radius 2 is 1.85 bits per heavy atom. The van der Waals surface area contributed by atoms with Crippen molar-refractivity contribution in [2.24, 2.45) is 0 Å².